The van der Waals surface area contributed by atoms with Crippen molar-refractivity contribution in [1.29, 1.82) is 0 Å². The maximum absolute atomic E-state index is 12.5. The van der Waals surface area contributed by atoms with Crippen LogP contribution < -0.4 is 5.32 Å². The first-order valence-corrected chi connectivity index (χ1v) is 7.12. The van der Waals surface area contributed by atoms with Crippen molar-refractivity contribution in [3.63, 3.8) is 0 Å². The van der Waals surface area contributed by atoms with Crippen LogP contribution in [-0.2, 0) is 17.0 Å². The quantitative estimate of drug-likeness (QED) is 0.665. The van der Waals surface area contributed by atoms with Crippen LogP contribution in [0.25, 0.3) is 0 Å². The van der Waals surface area contributed by atoms with Crippen LogP contribution >= 0.6 is 0 Å². The number of hydrogen-bond donors (Lipinski definition) is 1. The molecule has 1 rings (SSSR count). The van der Waals surface area contributed by atoms with E-state index in [2.05, 4.69) is 10.3 Å². The first kappa shape index (κ1) is 16.3. The maximum Gasteiger partial charge on any atom is 0.433 e. The van der Waals surface area contributed by atoms with Crippen molar-refractivity contribution in [3.05, 3.63) is 28.1 Å². The van der Waals surface area contributed by atoms with Crippen molar-refractivity contribution in [1.82, 2.24) is 4.98 Å². The Bertz CT molecular complexity index is 536. The third kappa shape index (κ3) is 4.44. The van der Waals surface area contributed by atoms with Gasteiger partial charge in [-0.25, -0.2) is 4.98 Å². The molecule has 2 atom stereocenters. The van der Waals surface area contributed by atoms with Crippen LogP contribution in [0.5, 0.6) is 0 Å². The second kappa shape index (κ2) is 6.16. The van der Waals surface area contributed by atoms with E-state index in [4.69, 9.17) is 0 Å². The summed E-state index contributed by atoms with van der Waals surface area (Å²) >= 11 is 0. The average Bonchev–Trinajstić information content (AvgIpc) is 2.25. The molecular weight excluding hydrogens is 299 g/mol. The van der Waals surface area contributed by atoms with E-state index in [1.165, 1.54) is 6.26 Å². The molecule has 0 radical (unpaired) electrons. The zero-order valence-corrected chi connectivity index (χ0v) is 11.4. The van der Waals surface area contributed by atoms with E-state index in [9.17, 15) is 27.5 Å². The van der Waals surface area contributed by atoms with Crippen molar-refractivity contribution in [3.8, 4) is 0 Å². The lowest BCUT2D eigenvalue weighted by atomic mass is 10.2. The number of pyridine rings is 1. The number of aromatic nitrogens is 1. The molecule has 1 aromatic heterocycles. The Hall–Kier alpha value is -1.71. The van der Waals surface area contributed by atoms with Crippen LogP contribution in [0, 0.1) is 10.1 Å². The van der Waals surface area contributed by atoms with Crippen LogP contribution in [-0.4, -0.2) is 32.2 Å². The fraction of sp³-hybridized carbons (Fsp3) is 0.500. The highest BCUT2D eigenvalue weighted by molar-refractivity contribution is 7.84. The lowest BCUT2D eigenvalue weighted by Crippen LogP contribution is -2.23. The first-order chi connectivity index (χ1) is 9.11. The number of nitro groups is 1. The highest BCUT2D eigenvalue weighted by Crippen LogP contribution is 2.33. The Morgan fingerprint density at radius 1 is 1.55 bits per heavy atom. The summed E-state index contributed by atoms with van der Waals surface area (Å²) in [4.78, 5) is 13.0. The van der Waals surface area contributed by atoms with Gasteiger partial charge in [0, 0.05) is 28.9 Å². The largest absolute Gasteiger partial charge is 0.433 e. The highest BCUT2D eigenvalue weighted by Gasteiger charge is 2.34. The number of rotatable bonds is 5. The third-order valence-corrected chi connectivity index (χ3v) is 3.23. The Morgan fingerprint density at radius 3 is 2.60 bits per heavy atom. The number of halogens is 3. The molecule has 0 aliphatic rings. The standard InChI is InChI=1S/C10H12F3N3O3S/c1-6(5-20(2)19)15-7-3-9(10(11,12)13)14-4-8(7)16(17)18/h3-4,6H,5H2,1-2H3,(H,14,15). The minimum atomic E-state index is -4.69. The van der Waals surface area contributed by atoms with E-state index < -0.39 is 39.3 Å². The van der Waals surface area contributed by atoms with Gasteiger partial charge in [-0.15, -0.1) is 0 Å². The first-order valence-electron chi connectivity index (χ1n) is 5.39. The number of alkyl halides is 3. The third-order valence-electron chi connectivity index (χ3n) is 2.26. The molecule has 0 saturated heterocycles. The molecule has 0 aliphatic heterocycles. The van der Waals surface area contributed by atoms with Crippen LogP contribution in [0.15, 0.2) is 12.3 Å². The van der Waals surface area contributed by atoms with Gasteiger partial charge in [0.1, 0.15) is 17.6 Å². The van der Waals surface area contributed by atoms with Crippen LogP contribution in [0.4, 0.5) is 24.5 Å². The number of hydrogen-bond acceptors (Lipinski definition) is 5. The molecule has 6 nitrogen and oxygen atoms in total. The van der Waals surface area contributed by atoms with Gasteiger partial charge >= 0.3 is 11.9 Å². The number of anilines is 1. The zero-order chi connectivity index (χ0) is 15.5. The lowest BCUT2D eigenvalue weighted by Gasteiger charge is -2.15. The maximum atomic E-state index is 12.5. The van der Waals surface area contributed by atoms with Gasteiger partial charge in [0.25, 0.3) is 0 Å². The molecular formula is C10H12F3N3O3S. The van der Waals surface area contributed by atoms with Gasteiger partial charge in [-0.05, 0) is 13.0 Å². The molecule has 0 amide bonds. The van der Waals surface area contributed by atoms with E-state index in [1.807, 2.05) is 0 Å². The normalized spacial score (nSPS) is 14.7. The summed E-state index contributed by atoms with van der Waals surface area (Å²) < 4.78 is 48.7. The predicted molar refractivity (Wildman–Crippen MR) is 67.9 cm³/mol. The summed E-state index contributed by atoms with van der Waals surface area (Å²) in [5, 5.41) is 13.3. The van der Waals surface area contributed by atoms with E-state index in [0.29, 0.717) is 12.3 Å². The van der Waals surface area contributed by atoms with Gasteiger partial charge in [-0.3, -0.25) is 14.3 Å². The predicted octanol–water partition coefficient (Wildman–Crippen LogP) is 2.19. The van der Waals surface area contributed by atoms with Gasteiger partial charge in [-0.2, -0.15) is 13.2 Å². The van der Waals surface area contributed by atoms with Gasteiger partial charge in [-0.1, -0.05) is 0 Å². The molecule has 10 heteroatoms. The van der Waals surface area contributed by atoms with Gasteiger partial charge < -0.3 is 5.32 Å². The van der Waals surface area contributed by atoms with Crippen LogP contribution in [0.1, 0.15) is 12.6 Å². The Labute approximate surface area is 115 Å². The fourth-order valence-electron chi connectivity index (χ4n) is 1.52. The summed E-state index contributed by atoms with van der Waals surface area (Å²) in [5.41, 5.74) is -2.09. The molecule has 0 aliphatic carbocycles. The molecule has 20 heavy (non-hydrogen) atoms. The Balaban J connectivity index is 3.12. The Kier molecular flexibility index (Phi) is 5.03. The molecule has 0 fully saturated rings. The SMILES string of the molecule is CC(CS(C)=O)Nc1cc(C(F)(F)F)ncc1[N+](=O)[O-]. The fourth-order valence-corrected chi connectivity index (χ4v) is 2.31. The van der Waals surface area contributed by atoms with Crippen LogP contribution in [0.2, 0.25) is 0 Å². The molecule has 112 valence electrons. The summed E-state index contributed by atoms with van der Waals surface area (Å²) in [6, 6.07) is 0.0933. The lowest BCUT2D eigenvalue weighted by molar-refractivity contribution is -0.384. The summed E-state index contributed by atoms with van der Waals surface area (Å²) in [7, 11) is -1.18. The summed E-state index contributed by atoms with van der Waals surface area (Å²) in [6.07, 6.45) is -2.70. The minimum absolute atomic E-state index is 0.154. The molecule has 0 spiro atoms. The van der Waals surface area contributed by atoms with Crippen molar-refractivity contribution in [2.24, 2.45) is 0 Å². The second-order valence-electron chi connectivity index (χ2n) is 4.13. The monoisotopic (exact) mass is 311 g/mol. The molecule has 2 unspecified atom stereocenters. The summed E-state index contributed by atoms with van der Waals surface area (Å²) in [5.74, 6) is 0.154. The number of nitrogens with zero attached hydrogens (tertiary/aromatic N) is 2. The highest BCUT2D eigenvalue weighted by atomic mass is 32.2. The van der Waals surface area contributed by atoms with E-state index in [0.717, 1.165) is 0 Å². The second-order valence-corrected chi connectivity index (χ2v) is 5.61. The Morgan fingerprint density at radius 2 is 2.15 bits per heavy atom. The van der Waals surface area contributed by atoms with Crippen molar-refractivity contribution in [2.45, 2.75) is 19.1 Å². The molecule has 0 aromatic carbocycles. The number of nitrogens with one attached hydrogen (secondary N) is 1. The van der Waals surface area contributed by atoms with Gasteiger partial charge in [0.2, 0.25) is 0 Å². The van der Waals surface area contributed by atoms with Crippen molar-refractivity contribution < 1.29 is 22.3 Å². The van der Waals surface area contributed by atoms with Crippen molar-refractivity contribution in [2.75, 3.05) is 17.3 Å². The molecule has 1 aromatic rings. The van der Waals surface area contributed by atoms with Crippen molar-refractivity contribution >= 4 is 22.2 Å². The molecule has 0 saturated carbocycles. The van der Waals surface area contributed by atoms with Gasteiger partial charge in [0.15, 0.2) is 0 Å². The van der Waals surface area contributed by atoms with Gasteiger partial charge in [0.05, 0.1) is 4.92 Å². The summed E-state index contributed by atoms with van der Waals surface area (Å²) in [6.45, 7) is 1.57. The van der Waals surface area contributed by atoms with E-state index in [1.54, 1.807) is 6.92 Å². The minimum Gasteiger partial charge on any atom is -0.376 e. The smallest absolute Gasteiger partial charge is 0.376 e. The average molecular weight is 311 g/mol. The zero-order valence-electron chi connectivity index (χ0n) is 10.6. The molecule has 1 N–H and O–H groups in total. The molecule has 1 heterocycles. The topological polar surface area (TPSA) is 85.1 Å². The van der Waals surface area contributed by atoms with E-state index in [-0.39, 0.29) is 11.4 Å². The van der Waals surface area contributed by atoms with E-state index >= 15 is 0 Å². The molecule has 0 bridgehead atoms. The van der Waals surface area contributed by atoms with Crippen LogP contribution in [0.3, 0.4) is 0 Å².